The first-order chi connectivity index (χ1) is 6.22. The van der Waals surface area contributed by atoms with Gasteiger partial charge in [0.15, 0.2) is 0 Å². The molecule has 1 rings (SSSR count). The van der Waals surface area contributed by atoms with E-state index in [1.54, 1.807) is 0 Å². The van der Waals surface area contributed by atoms with Crippen LogP contribution in [-0.4, -0.2) is 23.8 Å². The van der Waals surface area contributed by atoms with Gasteiger partial charge in [0, 0.05) is 6.42 Å². The molecule has 3 nitrogen and oxygen atoms in total. The molecule has 0 unspecified atom stereocenters. The van der Waals surface area contributed by atoms with Gasteiger partial charge in [-0.3, -0.25) is 4.79 Å². The van der Waals surface area contributed by atoms with E-state index in [0.29, 0.717) is 18.9 Å². The van der Waals surface area contributed by atoms with E-state index in [0.717, 1.165) is 25.7 Å². The molecule has 0 heterocycles. The first kappa shape index (κ1) is 10.5. The number of aliphatic hydroxyl groups excluding tert-OH is 1. The summed E-state index contributed by atoms with van der Waals surface area (Å²) in [6, 6.07) is 0. The van der Waals surface area contributed by atoms with Crippen molar-refractivity contribution in [1.29, 1.82) is 0 Å². The maximum Gasteiger partial charge on any atom is 0.306 e. The van der Waals surface area contributed by atoms with Crippen molar-refractivity contribution in [2.75, 3.05) is 6.61 Å². The van der Waals surface area contributed by atoms with E-state index in [1.807, 2.05) is 6.92 Å². The largest absolute Gasteiger partial charge is 0.466 e. The highest BCUT2D eigenvalue weighted by molar-refractivity contribution is 5.69. The Bertz CT molecular complexity index is 160. The second-order valence-corrected chi connectivity index (χ2v) is 3.68. The van der Waals surface area contributed by atoms with E-state index in [9.17, 15) is 9.90 Å². The number of rotatable bonds is 3. The molecule has 0 saturated heterocycles. The topological polar surface area (TPSA) is 46.5 Å². The maximum absolute atomic E-state index is 11.1. The average Bonchev–Trinajstić information content (AvgIpc) is 2.09. The molecule has 3 heteroatoms. The molecule has 1 aliphatic carbocycles. The van der Waals surface area contributed by atoms with Gasteiger partial charge in [0.05, 0.1) is 12.7 Å². The molecular formula is C10H18O3. The van der Waals surface area contributed by atoms with Crippen LogP contribution in [0.3, 0.4) is 0 Å². The zero-order valence-electron chi connectivity index (χ0n) is 8.16. The number of ether oxygens (including phenoxy) is 1. The molecular weight excluding hydrogens is 168 g/mol. The van der Waals surface area contributed by atoms with Gasteiger partial charge >= 0.3 is 5.97 Å². The van der Waals surface area contributed by atoms with Crippen molar-refractivity contribution in [3.8, 4) is 0 Å². The van der Waals surface area contributed by atoms with Crippen LogP contribution >= 0.6 is 0 Å². The number of esters is 1. The summed E-state index contributed by atoms with van der Waals surface area (Å²) in [5.41, 5.74) is 0. The number of carbonyl (C=O) groups is 1. The van der Waals surface area contributed by atoms with Crippen LogP contribution in [0.2, 0.25) is 0 Å². The van der Waals surface area contributed by atoms with Gasteiger partial charge < -0.3 is 9.84 Å². The van der Waals surface area contributed by atoms with Crippen LogP contribution in [0.25, 0.3) is 0 Å². The molecule has 1 saturated carbocycles. The quantitative estimate of drug-likeness (QED) is 0.679. The van der Waals surface area contributed by atoms with Gasteiger partial charge in [-0.1, -0.05) is 0 Å². The van der Waals surface area contributed by atoms with Crippen LogP contribution in [0.1, 0.15) is 39.0 Å². The molecule has 1 N–H and O–H groups in total. The zero-order chi connectivity index (χ0) is 9.68. The zero-order valence-corrected chi connectivity index (χ0v) is 8.16. The normalized spacial score (nSPS) is 28.5. The third-order valence-corrected chi connectivity index (χ3v) is 2.58. The SMILES string of the molecule is CCOC(=O)C[C@H]1CC[C@@H](O)CC1. The smallest absolute Gasteiger partial charge is 0.306 e. The highest BCUT2D eigenvalue weighted by Crippen LogP contribution is 2.26. The second-order valence-electron chi connectivity index (χ2n) is 3.68. The summed E-state index contributed by atoms with van der Waals surface area (Å²) < 4.78 is 4.87. The number of hydrogen-bond acceptors (Lipinski definition) is 3. The molecule has 1 fully saturated rings. The van der Waals surface area contributed by atoms with Crippen LogP contribution in [0, 0.1) is 5.92 Å². The fraction of sp³-hybridized carbons (Fsp3) is 0.900. The third-order valence-electron chi connectivity index (χ3n) is 2.58. The number of carbonyl (C=O) groups excluding carboxylic acids is 1. The van der Waals surface area contributed by atoms with Gasteiger partial charge in [-0.05, 0) is 38.5 Å². The minimum atomic E-state index is -0.140. The maximum atomic E-state index is 11.1. The first-order valence-corrected chi connectivity index (χ1v) is 5.06. The molecule has 13 heavy (non-hydrogen) atoms. The molecule has 76 valence electrons. The summed E-state index contributed by atoms with van der Waals surface area (Å²) in [4.78, 5) is 11.1. The van der Waals surface area contributed by atoms with Crippen molar-refractivity contribution in [1.82, 2.24) is 0 Å². The molecule has 0 radical (unpaired) electrons. The van der Waals surface area contributed by atoms with Gasteiger partial charge in [-0.2, -0.15) is 0 Å². The third kappa shape index (κ3) is 3.77. The molecule has 0 aromatic rings. The van der Waals surface area contributed by atoms with Crippen molar-refractivity contribution in [3.63, 3.8) is 0 Å². The van der Waals surface area contributed by atoms with E-state index in [2.05, 4.69) is 0 Å². The van der Waals surface area contributed by atoms with Gasteiger partial charge in [-0.15, -0.1) is 0 Å². The summed E-state index contributed by atoms with van der Waals surface area (Å²) in [5, 5.41) is 9.25. The lowest BCUT2D eigenvalue weighted by atomic mass is 9.85. The molecule has 0 spiro atoms. The minimum Gasteiger partial charge on any atom is -0.466 e. The highest BCUT2D eigenvalue weighted by Gasteiger charge is 2.21. The van der Waals surface area contributed by atoms with Crippen LogP contribution in [0.15, 0.2) is 0 Å². The summed E-state index contributed by atoms with van der Waals surface area (Å²) in [6.07, 6.45) is 3.98. The van der Waals surface area contributed by atoms with Crippen LogP contribution < -0.4 is 0 Å². The van der Waals surface area contributed by atoms with Crippen molar-refractivity contribution in [3.05, 3.63) is 0 Å². The van der Waals surface area contributed by atoms with E-state index in [4.69, 9.17) is 4.74 Å². The summed E-state index contributed by atoms with van der Waals surface area (Å²) in [7, 11) is 0. The molecule has 0 aromatic heterocycles. The molecule has 1 aliphatic rings. The second kappa shape index (κ2) is 5.22. The van der Waals surface area contributed by atoms with Crippen molar-refractivity contribution in [2.24, 2.45) is 5.92 Å². The Morgan fingerprint density at radius 2 is 2.00 bits per heavy atom. The molecule has 0 bridgehead atoms. The predicted molar refractivity (Wildman–Crippen MR) is 49.2 cm³/mol. The molecule has 0 aromatic carbocycles. The fourth-order valence-electron chi connectivity index (χ4n) is 1.80. The highest BCUT2D eigenvalue weighted by atomic mass is 16.5. The molecule has 0 atom stereocenters. The van der Waals surface area contributed by atoms with Crippen molar-refractivity contribution in [2.45, 2.75) is 45.1 Å². The lowest BCUT2D eigenvalue weighted by Crippen LogP contribution is -2.21. The molecule has 0 amide bonds. The predicted octanol–water partition coefficient (Wildman–Crippen LogP) is 1.49. The van der Waals surface area contributed by atoms with Crippen molar-refractivity contribution < 1.29 is 14.6 Å². The average molecular weight is 186 g/mol. The lowest BCUT2D eigenvalue weighted by Gasteiger charge is -2.24. The van der Waals surface area contributed by atoms with Gasteiger partial charge in [0.25, 0.3) is 0 Å². The Hall–Kier alpha value is -0.570. The lowest BCUT2D eigenvalue weighted by molar-refractivity contribution is -0.144. The van der Waals surface area contributed by atoms with Crippen LogP contribution in [0.5, 0.6) is 0 Å². The standard InChI is InChI=1S/C10H18O3/c1-2-13-10(12)7-8-3-5-9(11)6-4-8/h8-9,11H,2-7H2,1H3/t8-,9+. The first-order valence-electron chi connectivity index (χ1n) is 5.06. The Balaban J connectivity index is 2.18. The molecule has 0 aliphatic heterocycles. The van der Waals surface area contributed by atoms with Crippen molar-refractivity contribution >= 4 is 5.97 Å². The van der Waals surface area contributed by atoms with Crippen LogP contribution in [-0.2, 0) is 9.53 Å². The van der Waals surface area contributed by atoms with Gasteiger partial charge in [0.2, 0.25) is 0 Å². The van der Waals surface area contributed by atoms with E-state index >= 15 is 0 Å². The number of hydrogen-bond donors (Lipinski definition) is 1. The Morgan fingerprint density at radius 3 is 2.54 bits per heavy atom. The Kier molecular flexibility index (Phi) is 4.22. The summed E-state index contributed by atoms with van der Waals surface area (Å²) in [5.74, 6) is 0.339. The fourth-order valence-corrected chi connectivity index (χ4v) is 1.80. The van der Waals surface area contributed by atoms with E-state index in [-0.39, 0.29) is 12.1 Å². The Labute approximate surface area is 79.1 Å². The van der Waals surface area contributed by atoms with E-state index in [1.165, 1.54) is 0 Å². The summed E-state index contributed by atoms with van der Waals surface area (Å²) in [6.45, 7) is 2.29. The van der Waals surface area contributed by atoms with Gasteiger partial charge in [0.1, 0.15) is 0 Å². The Morgan fingerprint density at radius 1 is 1.38 bits per heavy atom. The van der Waals surface area contributed by atoms with E-state index < -0.39 is 0 Å². The minimum absolute atomic E-state index is 0.0936. The monoisotopic (exact) mass is 186 g/mol. The number of aliphatic hydroxyl groups is 1. The van der Waals surface area contributed by atoms with Gasteiger partial charge in [-0.25, -0.2) is 0 Å². The van der Waals surface area contributed by atoms with Crippen LogP contribution in [0.4, 0.5) is 0 Å². The summed E-state index contributed by atoms with van der Waals surface area (Å²) >= 11 is 0.